The molecule has 0 fully saturated rings. The number of hydrogen-bond donors (Lipinski definition) is 1. The third kappa shape index (κ3) is 6.83. The molecule has 0 saturated heterocycles. The summed E-state index contributed by atoms with van der Waals surface area (Å²) in [6, 6.07) is 20.7. The maximum absolute atomic E-state index is 14.0. The predicted octanol–water partition coefficient (Wildman–Crippen LogP) is 4.22. The number of rotatable bonds is 11. The average molecular weight is 628 g/mol. The molecular formula is C34H33N3O7S. The van der Waals surface area contributed by atoms with Crippen LogP contribution in [0.4, 0.5) is 5.69 Å². The number of nitrogens with zero attached hydrogens (tertiary/aromatic N) is 2. The van der Waals surface area contributed by atoms with Crippen LogP contribution in [0.15, 0.2) is 93.9 Å². The quantitative estimate of drug-likeness (QED) is 0.248. The first-order chi connectivity index (χ1) is 21.8. The zero-order valence-corrected chi connectivity index (χ0v) is 26.2. The Morgan fingerprint density at radius 2 is 1.73 bits per heavy atom. The number of carbonyl (C=O) groups is 2. The number of esters is 1. The van der Waals surface area contributed by atoms with Crippen LogP contribution in [0.2, 0.25) is 0 Å². The van der Waals surface area contributed by atoms with Crippen molar-refractivity contribution in [2.45, 2.75) is 26.8 Å². The van der Waals surface area contributed by atoms with Crippen molar-refractivity contribution in [3.8, 4) is 17.2 Å². The Morgan fingerprint density at radius 3 is 2.42 bits per heavy atom. The fourth-order valence-corrected chi connectivity index (χ4v) is 6.02. The summed E-state index contributed by atoms with van der Waals surface area (Å²) in [6.07, 6.45) is 1.76. The smallest absolute Gasteiger partial charge is 0.338 e. The molecule has 1 atom stereocenters. The fourth-order valence-electron chi connectivity index (χ4n) is 4.97. The van der Waals surface area contributed by atoms with Gasteiger partial charge in [-0.15, -0.1) is 0 Å². The summed E-state index contributed by atoms with van der Waals surface area (Å²) in [5, 5.41) is 2.78. The van der Waals surface area contributed by atoms with E-state index in [-0.39, 0.29) is 30.3 Å². The Labute approximate surface area is 263 Å². The second kappa shape index (κ2) is 14.1. The van der Waals surface area contributed by atoms with Crippen molar-refractivity contribution in [1.29, 1.82) is 0 Å². The number of ether oxygens (including phenoxy) is 4. The Hall–Kier alpha value is -5.16. The van der Waals surface area contributed by atoms with Gasteiger partial charge < -0.3 is 24.3 Å². The topological polar surface area (TPSA) is 117 Å². The van der Waals surface area contributed by atoms with Crippen LogP contribution in [0.25, 0.3) is 6.08 Å². The summed E-state index contributed by atoms with van der Waals surface area (Å²) in [5.41, 5.74) is 2.41. The molecule has 10 nitrogen and oxygen atoms in total. The second-order valence-electron chi connectivity index (χ2n) is 9.89. The lowest BCUT2D eigenvalue weighted by Gasteiger charge is -2.26. The SMILES string of the molecule is CCOC(=O)C1=C(C)N=c2s/c(=C/c3ccc(OCC(=O)Nc4ccccc4)cc3)c(=O)n2[C@H]1c1cccc(OC)c1OCC. The maximum atomic E-state index is 14.0. The number of amides is 1. The van der Waals surface area contributed by atoms with Crippen LogP contribution >= 0.6 is 11.3 Å². The number of anilines is 1. The molecule has 0 bridgehead atoms. The Balaban J connectivity index is 1.48. The number of nitrogens with one attached hydrogen (secondary N) is 1. The van der Waals surface area contributed by atoms with Crippen molar-refractivity contribution in [3.63, 3.8) is 0 Å². The molecule has 2 heterocycles. The van der Waals surface area contributed by atoms with E-state index in [1.807, 2.05) is 31.2 Å². The van der Waals surface area contributed by atoms with Gasteiger partial charge in [-0.25, -0.2) is 9.79 Å². The van der Waals surface area contributed by atoms with E-state index in [0.29, 0.717) is 50.1 Å². The highest BCUT2D eigenvalue weighted by molar-refractivity contribution is 7.07. The van der Waals surface area contributed by atoms with Gasteiger partial charge in [-0.05, 0) is 62.7 Å². The predicted molar refractivity (Wildman–Crippen MR) is 172 cm³/mol. The summed E-state index contributed by atoms with van der Waals surface area (Å²) >= 11 is 1.22. The molecule has 0 unspecified atom stereocenters. The summed E-state index contributed by atoms with van der Waals surface area (Å²) in [4.78, 5) is 44.6. The van der Waals surface area contributed by atoms with Crippen molar-refractivity contribution in [2.24, 2.45) is 4.99 Å². The second-order valence-corrected chi connectivity index (χ2v) is 10.9. The molecule has 1 amide bonds. The molecule has 1 aromatic heterocycles. The van der Waals surface area contributed by atoms with Crippen LogP contribution in [-0.2, 0) is 14.3 Å². The molecule has 0 spiro atoms. The highest BCUT2D eigenvalue weighted by Crippen LogP contribution is 2.40. The van der Waals surface area contributed by atoms with Gasteiger partial charge in [-0.3, -0.25) is 14.2 Å². The number of fused-ring (bicyclic) bond motifs is 1. The van der Waals surface area contributed by atoms with Crippen molar-refractivity contribution in [1.82, 2.24) is 4.57 Å². The number of carbonyl (C=O) groups excluding carboxylic acids is 2. The summed E-state index contributed by atoms with van der Waals surface area (Å²) in [6.45, 7) is 5.68. The average Bonchev–Trinajstić information content (AvgIpc) is 3.34. The van der Waals surface area contributed by atoms with Crippen LogP contribution in [0.3, 0.4) is 0 Å². The Bertz CT molecular complexity index is 1910. The van der Waals surface area contributed by atoms with E-state index < -0.39 is 12.0 Å². The monoisotopic (exact) mass is 627 g/mol. The number of hydrogen-bond acceptors (Lipinski definition) is 9. The molecule has 1 aliphatic heterocycles. The molecule has 45 heavy (non-hydrogen) atoms. The number of para-hydroxylation sites is 2. The van der Waals surface area contributed by atoms with Gasteiger partial charge in [0.1, 0.15) is 11.8 Å². The van der Waals surface area contributed by atoms with Crippen molar-refractivity contribution in [2.75, 3.05) is 32.2 Å². The van der Waals surface area contributed by atoms with Crippen LogP contribution in [0, 0.1) is 0 Å². The molecule has 1 aliphatic rings. The number of methoxy groups -OCH3 is 1. The van der Waals surface area contributed by atoms with E-state index in [2.05, 4.69) is 10.3 Å². The van der Waals surface area contributed by atoms with Gasteiger partial charge in [-0.1, -0.05) is 53.8 Å². The minimum absolute atomic E-state index is 0.150. The van der Waals surface area contributed by atoms with E-state index in [1.165, 1.54) is 23.0 Å². The Morgan fingerprint density at radius 1 is 0.978 bits per heavy atom. The zero-order chi connectivity index (χ0) is 31.9. The number of benzene rings is 3. The third-order valence-electron chi connectivity index (χ3n) is 6.93. The van der Waals surface area contributed by atoms with Crippen molar-refractivity contribution < 1.29 is 28.5 Å². The first kappa shape index (κ1) is 31.3. The molecule has 0 saturated carbocycles. The van der Waals surface area contributed by atoms with Crippen molar-refractivity contribution >= 4 is 35.0 Å². The van der Waals surface area contributed by atoms with Gasteiger partial charge >= 0.3 is 5.97 Å². The van der Waals surface area contributed by atoms with Crippen LogP contribution in [0.5, 0.6) is 17.2 Å². The van der Waals surface area contributed by atoms with E-state index in [0.717, 1.165) is 5.56 Å². The first-order valence-corrected chi connectivity index (χ1v) is 15.2. The molecule has 1 N–H and O–H groups in total. The number of thiazole rings is 1. The minimum atomic E-state index is -0.850. The van der Waals surface area contributed by atoms with Crippen molar-refractivity contribution in [3.05, 3.63) is 115 Å². The lowest BCUT2D eigenvalue weighted by molar-refractivity contribution is -0.139. The summed E-state index contributed by atoms with van der Waals surface area (Å²) in [7, 11) is 1.54. The van der Waals surface area contributed by atoms with E-state index >= 15 is 0 Å². The Kier molecular flexibility index (Phi) is 9.79. The zero-order valence-electron chi connectivity index (χ0n) is 25.4. The highest BCUT2D eigenvalue weighted by atomic mass is 32.1. The van der Waals surface area contributed by atoms with Gasteiger partial charge in [0.05, 0.1) is 36.1 Å². The fraction of sp³-hybridized carbons (Fsp3) is 0.235. The summed E-state index contributed by atoms with van der Waals surface area (Å²) in [5.74, 6) is 0.590. The summed E-state index contributed by atoms with van der Waals surface area (Å²) < 4.78 is 24.5. The first-order valence-electron chi connectivity index (χ1n) is 14.4. The van der Waals surface area contributed by atoms with E-state index in [1.54, 1.807) is 68.5 Å². The minimum Gasteiger partial charge on any atom is -0.493 e. The molecule has 3 aromatic carbocycles. The largest absolute Gasteiger partial charge is 0.493 e. The van der Waals surface area contributed by atoms with Gasteiger partial charge in [0.25, 0.3) is 11.5 Å². The standard InChI is InChI=1S/C34H33N3O7S/c1-5-42-31-25(13-10-14-26(31)41-4)30-29(33(40)43-6-2)21(3)35-34-37(30)32(39)27(45-34)19-22-15-17-24(18-16-22)44-20-28(38)36-23-11-8-7-9-12-23/h7-19,30H,5-6,20H2,1-4H3,(H,36,38)/b27-19+/t30-/m0/s1. The van der Waals surface area contributed by atoms with E-state index in [4.69, 9.17) is 18.9 Å². The molecule has 11 heteroatoms. The number of aromatic nitrogens is 1. The highest BCUT2D eigenvalue weighted by Gasteiger charge is 2.36. The number of allylic oxidation sites excluding steroid dienone is 1. The lowest BCUT2D eigenvalue weighted by Crippen LogP contribution is -2.40. The van der Waals surface area contributed by atoms with Crippen LogP contribution in [-0.4, -0.2) is 43.4 Å². The molecular weight excluding hydrogens is 594 g/mol. The normalized spacial score (nSPS) is 14.3. The molecule has 5 rings (SSSR count). The molecule has 4 aromatic rings. The molecule has 0 aliphatic carbocycles. The van der Waals surface area contributed by atoms with E-state index in [9.17, 15) is 14.4 Å². The lowest BCUT2D eigenvalue weighted by atomic mass is 9.94. The maximum Gasteiger partial charge on any atom is 0.338 e. The van der Waals surface area contributed by atoms with Crippen LogP contribution < -0.4 is 34.4 Å². The van der Waals surface area contributed by atoms with Gasteiger partial charge in [0.2, 0.25) is 0 Å². The van der Waals surface area contributed by atoms with Gasteiger partial charge in [0, 0.05) is 11.3 Å². The molecule has 232 valence electrons. The molecule has 0 radical (unpaired) electrons. The van der Waals surface area contributed by atoms with Gasteiger partial charge in [0.15, 0.2) is 22.9 Å². The van der Waals surface area contributed by atoms with Crippen LogP contribution in [0.1, 0.15) is 37.9 Å². The van der Waals surface area contributed by atoms with Gasteiger partial charge in [-0.2, -0.15) is 0 Å². The third-order valence-corrected chi connectivity index (χ3v) is 7.92.